The lowest BCUT2D eigenvalue weighted by molar-refractivity contribution is 0.364. The van der Waals surface area contributed by atoms with Gasteiger partial charge in [-0.15, -0.1) is 4.83 Å². The van der Waals surface area contributed by atoms with Crippen molar-refractivity contribution in [3.05, 3.63) is 29.3 Å². The molecule has 19 heavy (non-hydrogen) atoms. The fraction of sp³-hybridized carbons (Fsp3) is 0.538. The molecule has 0 radical (unpaired) electrons. The molecule has 0 spiro atoms. The first-order valence-electron chi connectivity index (χ1n) is 6.25. The Kier molecular flexibility index (Phi) is 5.49. The molecule has 0 fully saturated rings. The summed E-state index contributed by atoms with van der Waals surface area (Å²) in [4.78, 5) is 2.78. The van der Waals surface area contributed by atoms with Crippen molar-refractivity contribution in [2.75, 3.05) is 14.1 Å². The van der Waals surface area contributed by atoms with E-state index in [0.29, 0.717) is 17.5 Å². The summed E-state index contributed by atoms with van der Waals surface area (Å²) in [5.41, 5.74) is 1.78. The summed E-state index contributed by atoms with van der Waals surface area (Å²) >= 11 is 0. The summed E-state index contributed by atoms with van der Waals surface area (Å²) in [6.07, 6.45) is 0. The third kappa shape index (κ3) is 4.58. The molecule has 0 aliphatic carbocycles. The molecule has 0 unspecified atom stereocenters. The van der Waals surface area contributed by atoms with Gasteiger partial charge in [0.25, 0.3) is 10.0 Å². The van der Waals surface area contributed by atoms with Crippen molar-refractivity contribution < 1.29 is 8.42 Å². The first kappa shape index (κ1) is 16.1. The van der Waals surface area contributed by atoms with E-state index in [1.54, 1.807) is 26.2 Å². The maximum absolute atomic E-state index is 12.2. The lowest BCUT2D eigenvalue weighted by Gasteiger charge is -2.16. The summed E-state index contributed by atoms with van der Waals surface area (Å²) in [5.74, 6) is 0. The number of hydrogen-bond acceptors (Lipinski definition) is 4. The molecule has 5 nitrogen and oxygen atoms in total. The monoisotopic (exact) mass is 285 g/mol. The Bertz CT molecular complexity index is 525. The van der Waals surface area contributed by atoms with Gasteiger partial charge in [0.05, 0.1) is 4.90 Å². The predicted octanol–water partition coefficient (Wildman–Crippen LogP) is 1.25. The Morgan fingerprint density at radius 1 is 1.26 bits per heavy atom. The van der Waals surface area contributed by atoms with Crippen LogP contribution in [0, 0.1) is 6.92 Å². The topological polar surface area (TPSA) is 61.4 Å². The van der Waals surface area contributed by atoms with Crippen molar-refractivity contribution >= 4 is 10.0 Å². The Morgan fingerprint density at radius 2 is 1.89 bits per heavy atom. The molecule has 0 bridgehead atoms. The summed E-state index contributed by atoms with van der Waals surface area (Å²) in [6.45, 7) is 6.61. The molecule has 6 heteroatoms. The molecule has 0 atom stereocenters. The molecule has 0 saturated heterocycles. The van der Waals surface area contributed by atoms with Crippen molar-refractivity contribution in [2.24, 2.45) is 0 Å². The van der Waals surface area contributed by atoms with Gasteiger partial charge in [-0.1, -0.05) is 26.0 Å². The molecule has 0 heterocycles. The highest BCUT2D eigenvalue weighted by atomic mass is 32.2. The van der Waals surface area contributed by atoms with E-state index < -0.39 is 10.0 Å². The molecular formula is C13H23N3O2S. The summed E-state index contributed by atoms with van der Waals surface area (Å²) in [7, 11) is -0.203. The number of hydrogen-bond donors (Lipinski definition) is 2. The number of rotatable bonds is 6. The Balaban J connectivity index is 3.07. The van der Waals surface area contributed by atoms with Crippen LogP contribution in [0.25, 0.3) is 0 Å². The summed E-state index contributed by atoms with van der Waals surface area (Å²) < 4.78 is 24.4. The van der Waals surface area contributed by atoms with Crippen LogP contribution in [0.1, 0.15) is 25.0 Å². The Labute approximate surface area is 116 Å². The second kappa shape index (κ2) is 6.47. The molecule has 1 aromatic carbocycles. The van der Waals surface area contributed by atoms with Crippen LogP contribution < -0.4 is 10.1 Å². The molecule has 0 aliphatic rings. The van der Waals surface area contributed by atoms with E-state index in [0.717, 1.165) is 11.1 Å². The molecule has 2 N–H and O–H groups in total. The lowest BCUT2D eigenvalue weighted by atomic mass is 10.1. The first-order valence-corrected chi connectivity index (χ1v) is 7.74. The van der Waals surface area contributed by atoms with Gasteiger partial charge < -0.3 is 5.32 Å². The third-order valence-electron chi connectivity index (χ3n) is 2.69. The zero-order valence-corrected chi connectivity index (χ0v) is 13.0. The average Bonchev–Trinajstić information content (AvgIpc) is 2.25. The molecule has 0 amide bonds. The maximum Gasteiger partial charge on any atom is 0.253 e. The van der Waals surface area contributed by atoms with Crippen LogP contribution in [0.3, 0.4) is 0 Å². The minimum atomic E-state index is -3.50. The van der Waals surface area contributed by atoms with Gasteiger partial charge in [0.1, 0.15) is 0 Å². The van der Waals surface area contributed by atoms with Gasteiger partial charge in [0.15, 0.2) is 0 Å². The van der Waals surface area contributed by atoms with E-state index in [1.807, 2.05) is 13.0 Å². The standard InChI is InChI=1S/C13H23N3O2S/c1-10(2)14-9-12-7-6-8-13(11(12)3)19(17,18)15-16(4)5/h6-8,10,14-15H,9H2,1-5H3. The van der Waals surface area contributed by atoms with Crippen LogP contribution in [-0.4, -0.2) is 33.6 Å². The Morgan fingerprint density at radius 3 is 2.42 bits per heavy atom. The number of nitrogens with one attached hydrogen (secondary N) is 2. The number of benzene rings is 1. The zero-order chi connectivity index (χ0) is 14.6. The smallest absolute Gasteiger partial charge is 0.253 e. The zero-order valence-electron chi connectivity index (χ0n) is 12.2. The number of hydrazine groups is 1. The van der Waals surface area contributed by atoms with Crippen molar-refractivity contribution in [1.29, 1.82) is 0 Å². The minimum absolute atomic E-state index is 0.323. The lowest BCUT2D eigenvalue weighted by Crippen LogP contribution is -2.36. The van der Waals surface area contributed by atoms with Crippen LogP contribution >= 0.6 is 0 Å². The summed E-state index contributed by atoms with van der Waals surface area (Å²) in [6, 6.07) is 5.70. The van der Waals surface area contributed by atoms with Crippen LogP contribution in [-0.2, 0) is 16.6 Å². The van der Waals surface area contributed by atoms with E-state index in [-0.39, 0.29) is 0 Å². The van der Waals surface area contributed by atoms with E-state index in [4.69, 9.17) is 0 Å². The molecule has 0 saturated carbocycles. The fourth-order valence-corrected chi connectivity index (χ4v) is 3.12. The largest absolute Gasteiger partial charge is 0.310 e. The van der Waals surface area contributed by atoms with Crippen molar-refractivity contribution in [3.8, 4) is 0 Å². The van der Waals surface area contributed by atoms with Crippen LogP contribution in [0.15, 0.2) is 23.1 Å². The SMILES string of the molecule is Cc1c(CNC(C)C)cccc1S(=O)(=O)NN(C)C. The van der Waals surface area contributed by atoms with Gasteiger partial charge in [-0.25, -0.2) is 13.4 Å². The van der Waals surface area contributed by atoms with Crippen LogP contribution in [0.4, 0.5) is 0 Å². The van der Waals surface area contributed by atoms with Gasteiger partial charge >= 0.3 is 0 Å². The second-order valence-electron chi connectivity index (χ2n) is 5.07. The van der Waals surface area contributed by atoms with Crippen LogP contribution in [0.2, 0.25) is 0 Å². The van der Waals surface area contributed by atoms with E-state index in [2.05, 4.69) is 24.0 Å². The van der Waals surface area contributed by atoms with E-state index in [1.165, 1.54) is 5.01 Å². The third-order valence-corrected chi connectivity index (χ3v) is 4.32. The minimum Gasteiger partial charge on any atom is -0.310 e. The maximum atomic E-state index is 12.2. The number of nitrogens with zero attached hydrogens (tertiary/aromatic N) is 1. The van der Waals surface area contributed by atoms with Gasteiger partial charge in [-0.3, -0.25) is 0 Å². The van der Waals surface area contributed by atoms with Gasteiger partial charge in [-0.05, 0) is 24.1 Å². The molecular weight excluding hydrogens is 262 g/mol. The highest BCUT2D eigenvalue weighted by molar-refractivity contribution is 7.89. The van der Waals surface area contributed by atoms with Gasteiger partial charge in [0.2, 0.25) is 0 Å². The Hall–Kier alpha value is -0.950. The van der Waals surface area contributed by atoms with Gasteiger partial charge in [0, 0.05) is 26.7 Å². The first-order chi connectivity index (χ1) is 8.74. The van der Waals surface area contributed by atoms with E-state index >= 15 is 0 Å². The molecule has 0 aromatic heterocycles. The molecule has 0 aliphatic heterocycles. The molecule has 108 valence electrons. The van der Waals surface area contributed by atoms with Gasteiger partial charge in [-0.2, -0.15) is 0 Å². The average molecular weight is 285 g/mol. The normalized spacial score (nSPS) is 12.4. The number of sulfonamides is 1. The second-order valence-corrected chi connectivity index (χ2v) is 6.69. The van der Waals surface area contributed by atoms with Crippen molar-refractivity contribution in [3.63, 3.8) is 0 Å². The molecule has 1 rings (SSSR count). The van der Waals surface area contributed by atoms with Crippen molar-refractivity contribution in [1.82, 2.24) is 15.2 Å². The molecule has 1 aromatic rings. The highest BCUT2D eigenvalue weighted by Crippen LogP contribution is 2.19. The highest BCUT2D eigenvalue weighted by Gasteiger charge is 2.18. The van der Waals surface area contributed by atoms with Crippen LogP contribution in [0.5, 0.6) is 0 Å². The van der Waals surface area contributed by atoms with Crippen molar-refractivity contribution in [2.45, 2.75) is 38.3 Å². The predicted molar refractivity (Wildman–Crippen MR) is 77.2 cm³/mol. The summed E-state index contributed by atoms with van der Waals surface area (Å²) in [5, 5.41) is 4.72. The fourth-order valence-electron chi connectivity index (χ4n) is 1.75. The quantitative estimate of drug-likeness (QED) is 0.772. The van der Waals surface area contributed by atoms with E-state index in [9.17, 15) is 8.42 Å².